The number of anilines is 1. The molecule has 2 atom stereocenters. The van der Waals surface area contributed by atoms with Crippen LogP contribution >= 0.6 is 0 Å². The zero-order valence-electron chi connectivity index (χ0n) is 24.7. The molecule has 0 bridgehead atoms. The average molecular weight is 557 g/mol. The standard InChI is InChI=1S/C34H44N4O3/c1-4-36-18-20-37(21-19-36)31-13-8-12-28-29(31)24-38(32(28)25-39)30(27-15-16-33(40-2)34(22-27)41-3)14-9-17-35-23-26-10-6-5-7-11-26/h5-8,10-13,15-16,22,25,30,32,35H,4,9,14,17-21,23-24H2,1-3H3/t30-,32?/m1/s1. The molecule has 0 saturated carbocycles. The molecule has 1 N–H and O–H groups in total. The van der Waals surface area contributed by atoms with Crippen LogP contribution < -0.4 is 19.7 Å². The number of rotatable bonds is 13. The second-order valence-corrected chi connectivity index (χ2v) is 11.0. The summed E-state index contributed by atoms with van der Waals surface area (Å²) in [6, 6.07) is 23.0. The molecule has 7 heteroatoms. The predicted octanol–water partition coefficient (Wildman–Crippen LogP) is 5.21. The maximum Gasteiger partial charge on any atom is 0.161 e. The Balaban J connectivity index is 1.38. The Bertz CT molecular complexity index is 1280. The minimum Gasteiger partial charge on any atom is -0.493 e. The van der Waals surface area contributed by atoms with Crippen LogP contribution in [-0.2, 0) is 17.9 Å². The fraction of sp³-hybridized carbons (Fsp3) is 0.441. The Kier molecular flexibility index (Phi) is 9.93. The lowest BCUT2D eigenvalue weighted by Gasteiger charge is -2.36. The first-order valence-electron chi connectivity index (χ1n) is 14.9. The molecular weight excluding hydrogens is 512 g/mol. The first-order valence-corrected chi connectivity index (χ1v) is 14.9. The highest BCUT2D eigenvalue weighted by Gasteiger charge is 2.37. The Morgan fingerprint density at radius 3 is 2.44 bits per heavy atom. The highest BCUT2D eigenvalue weighted by atomic mass is 16.5. The summed E-state index contributed by atoms with van der Waals surface area (Å²) >= 11 is 0. The SMILES string of the molecule is CCN1CCN(c2cccc3c2CN([C@H](CCCNCc2ccccc2)c2ccc(OC)c(OC)c2)C3C=O)CC1. The summed E-state index contributed by atoms with van der Waals surface area (Å²) in [7, 11) is 3.34. The summed E-state index contributed by atoms with van der Waals surface area (Å²) in [5.74, 6) is 1.43. The van der Waals surface area contributed by atoms with Crippen LogP contribution in [0.5, 0.6) is 11.5 Å². The van der Waals surface area contributed by atoms with Crippen molar-refractivity contribution in [2.45, 2.75) is 44.9 Å². The highest BCUT2D eigenvalue weighted by Crippen LogP contribution is 2.45. The molecule has 3 aromatic carbocycles. The molecule has 7 nitrogen and oxygen atoms in total. The number of carbonyl (C=O) groups excluding carboxylic acids is 1. The van der Waals surface area contributed by atoms with Crippen molar-refractivity contribution in [3.05, 3.63) is 89.0 Å². The molecule has 0 spiro atoms. The first-order chi connectivity index (χ1) is 20.2. The minimum absolute atomic E-state index is 0.0562. The lowest BCUT2D eigenvalue weighted by molar-refractivity contribution is -0.113. The maximum atomic E-state index is 12.7. The first kappa shape index (κ1) is 29.1. The van der Waals surface area contributed by atoms with E-state index in [-0.39, 0.29) is 12.1 Å². The number of fused-ring (bicyclic) bond motifs is 1. The minimum atomic E-state index is -0.280. The molecule has 3 aromatic rings. The summed E-state index contributed by atoms with van der Waals surface area (Å²) in [6.45, 7) is 10.0. The smallest absolute Gasteiger partial charge is 0.161 e. The van der Waals surface area contributed by atoms with Crippen molar-refractivity contribution >= 4 is 12.0 Å². The van der Waals surface area contributed by atoms with E-state index in [1.165, 1.54) is 16.8 Å². The lowest BCUT2D eigenvalue weighted by atomic mass is 9.98. The topological polar surface area (TPSA) is 57.3 Å². The molecular formula is C34H44N4O3. The Labute approximate surface area is 245 Å². The summed E-state index contributed by atoms with van der Waals surface area (Å²) in [6.07, 6.45) is 3.03. The van der Waals surface area contributed by atoms with Crippen molar-refractivity contribution in [3.8, 4) is 11.5 Å². The van der Waals surface area contributed by atoms with Crippen molar-refractivity contribution in [1.82, 2.24) is 15.1 Å². The number of piperazine rings is 1. The fourth-order valence-corrected chi connectivity index (χ4v) is 6.39. The number of methoxy groups -OCH3 is 2. The van der Waals surface area contributed by atoms with E-state index in [0.29, 0.717) is 11.5 Å². The van der Waals surface area contributed by atoms with Gasteiger partial charge in [0.15, 0.2) is 11.5 Å². The third-order valence-corrected chi connectivity index (χ3v) is 8.69. The van der Waals surface area contributed by atoms with Gasteiger partial charge in [-0.2, -0.15) is 0 Å². The van der Waals surface area contributed by atoms with E-state index in [0.717, 1.165) is 82.6 Å². The van der Waals surface area contributed by atoms with Gasteiger partial charge in [-0.05, 0) is 66.4 Å². The summed E-state index contributed by atoms with van der Waals surface area (Å²) in [4.78, 5) is 20.1. The van der Waals surface area contributed by atoms with Gasteiger partial charge in [0, 0.05) is 51.0 Å². The molecule has 0 aliphatic carbocycles. The third kappa shape index (κ3) is 6.58. The van der Waals surface area contributed by atoms with Gasteiger partial charge in [-0.1, -0.05) is 55.5 Å². The Morgan fingerprint density at radius 2 is 1.73 bits per heavy atom. The number of likely N-dealkylation sites (N-methyl/N-ethyl adjacent to an activating group) is 1. The van der Waals surface area contributed by atoms with E-state index in [4.69, 9.17) is 9.47 Å². The molecule has 1 fully saturated rings. The van der Waals surface area contributed by atoms with Crippen molar-refractivity contribution < 1.29 is 14.3 Å². The van der Waals surface area contributed by atoms with Crippen LogP contribution in [0.1, 0.15) is 54.1 Å². The predicted molar refractivity (Wildman–Crippen MR) is 165 cm³/mol. The van der Waals surface area contributed by atoms with Crippen molar-refractivity contribution in [2.75, 3.05) is 58.4 Å². The van der Waals surface area contributed by atoms with Crippen LogP contribution in [0.4, 0.5) is 5.69 Å². The van der Waals surface area contributed by atoms with Gasteiger partial charge in [-0.3, -0.25) is 4.90 Å². The van der Waals surface area contributed by atoms with Crippen LogP contribution in [0.3, 0.4) is 0 Å². The van der Waals surface area contributed by atoms with Crippen LogP contribution in [-0.4, -0.2) is 69.6 Å². The zero-order chi connectivity index (χ0) is 28.6. The van der Waals surface area contributed by atoms with Gasteiger partial charge in [-0.25, -0.2) is 0 Å². The molecule has 2 heterocycles. The molecule has 1 unspecified atom stereocenters. The summed E-state index contributed by atoms with van der Waals surface area (Å²) < 4.78 is 11.2. The molecule has 41 heavy (non-hydrogen) atoms. The molecule has 0 radical (unpaired) electrons. The number of aldehydes is 1. The molecule has 218 valence electrons. The van der Waals surface area contributed by atoms with E-state index < -0.39 is 0 Å². The van der Waals surface area contributed by atoms with Gasteiger partial charge in [0.1, 0.15) is 6.29 Å². The third-order valence-electron chi connectivity index (χ3n) is 8.69. The van der Waals surface area contributed by atoms with Crippen molar-refractivity contribution in [1.29, 1.82) is 0 Å². The number of hydrogen-bond acceptors (Lipinski definition) is 7. The monoisotopic (exact) mass is 556 g/mol. The fourth-order valence-electron chi connectivity index (χ4n) is 6.39. The van der Waals surface area contributed by atoms with Crippen molar-refractivity contribution in [2.24, 2.45) is 0 Å². The lowest BCUT2D eigenvalue weighted by Crippen LogP contribution is -2.46. The second-order valence-electron chi connectivity index (χ2n) is 11.0. The summed E-state index contributed by atoms with van der Waals surface area (Å²) in [5, 5.41) is 3.60. The quantitative estimate of drug-likeness (QED) is 0.229. The zero-order valence-corrected chi connectivity index (χ0v) is 24.7. The van der Waals surface area contributed by atoms with Gasteiger partial charge in [0.05, 0.1) is 20.3 Å². The maximum absolute atomic E-state index is 12.7. The van der Waals surface area contributed by atoms with E-state index in [1.807, 2.05) is 12.1 Å². The largest absolute Gasteiger partial charge is 0.493 e. The van der Waals surface area contributed by atoms with Gasteiger partial charge in [-0.15, -0.1) is 0 Å². The molecule has 2 aliphatic heterocycles. The van der Waals surface area contributed by atoms with E-state index in [9.17, 15) is 4.79 Å². The van der Waals surface area contributed by atoms with Crippen LogP contribution in [0.15, 0.2) is 66.7 Å². The second kappa shape index (κ2) is 14.0. The van der Waals surface area contributed by atoms with Crippen LogP contribution in [0.25, 0.3) is 0 Å². The van der Waals surface area contributed by atoms with Crippen molar-refractivity contribution in [3.63, 3.8) is 0 Å². The normalized spacial score (nSPS) is 18.2. The number of nitrogens with zero attached hydrogens (tertiary/aromatic N) is 3. The Hall–Kier alpha value is -3.39. The number of hydrogen-bond donors (Lipinski definition) is 1. The molecule has 5 rings (SSSR count). The average Bonchev–Trinajstić information content (AvgIpc) is 3.41. The number of ether oxygens (including phenoxy) is 2. The number of carbonyl (C=O) groups is 1. The Morgan fingerprint density at radius 1 is 0.951 bits per heavy atom. The van der Waals surface area contributed by atoms with Gasteiger partial charge in [0.25, 0.3) is 0 Å². The van der Waals surface area contributed by atoms with Gasteiger partial charge >= 0.3 is 0 Å². The van der Waals surface area contributed by atoms with E-state index >= 15 is 0 Å². The molecule has 0 aromatic heterocycles. The van der Waals surface area contributed by atoms with E-state index in [1.54, 1.807) is 14.2 Å². The van der Waals surface area contributed by atoms with Crippen LogP contribution in [0.2, 0.25) is 0 Å². The highest BCUT2D eigenvalue weighted by molar-refractivity contribution is 5.70. The van der Waals surface area contributed by atoms with Crippen LogP contribution in [0, 0.1) is 0 Å². The molecule has 2 aliphatic rings. The summed E-state index contributed by atoms with van der Waals surface area (Å²) in [5.41, 5.74) is 6.14. The number of benzene rings is 3. The molecule has 1 saturated heterocycles. The van der Waals surface area contributed by atoms with Gasteiger partial charge in [0.2, 0.25) is 0 Å². The van der Waals surface area contributed by atoms with E-state index in [2.05, 4.69) is 81.5 Å². The number of nitrogens with one attached hydrogen (secondary N) is 1. The van der Waals surface area contributed by atoms with Gasteiger partial charge < -0.3 is 29.4 Å². The molecule has 0 amide bonds.